The second-order valence-corrected chi connectivity index (χ2v) is 4.11. The summed E-state index contributed by atoms with van der Waals surface area (Å²) in [6.07, 6.45) is -5.66. The van der Waals surface area contributed by atoms with Crippen molar-refractivity contribution in [3.8, 4) is 0 Å². The van der Waals surface area contributed by atoms with Gasteiger partial charge in [-0.05, 0) is 12.1 Å². The first-order valence-corrected chi connectivity index (χ1v) is 5.12. The Bertz CT molecular complexity index is 497. The van der Waals surface area contributed by atoms with Crippen molar-refractivity contribution in [3.63, 3.8) is 0 Å². The summed E-state index contributed by atoms with van der Waals surface area (Å²) >= 11 is 0. The number of hydrazone groups is 1. The van der Waals surface area contributed by atoms with Crippen LogP contribution in [0, 0.1) is 0 Å². The Morgan fingerprint density at radius 2 is 2.00 bits per heavy atom. The van der Waals surface area contributed by atoms with E-state index in [1.54, 1.807) is 0 Å². The van der Waals surface area contributed by atoms with Crippen LogP contribution in [0.15, 0.2) is 27.9 Å². The van der Waals surface area contributed by atoms with Gasteiger partial charge in [0.15, 0.2) is 0 Å². The van der Waals surface area contributed by atoms with Gasteiger partial charge in [-0.15, -0.1) is 0 Å². The van der Waals surface area contributed by atoms with E-state index in [1.807, 2.05) is 0 Å². The van der Waals surface area contributed by atoms with Crippen LogP contribution in [0.2, 0.25) is 0 Å². The van der Waals surface area contributed by atoms with E-state index in [0.717, 1.165) is 7.05 Å². The summed E-state index contributed by atoms with van der Waals surface area (Å²) in [6.45, 7) is 0. The highest BCUT2D eigenvalue weighted by Gasteiger charge is 2.73. The van der Waals surface area contributed by atoms with E-state index in [2.05, 4.69) is 5.10 Å². The van der Waals surface area contributed by atoms with Crippen molar-refractivity contribution in [2.75, 3.05) is 7.05 Å². The molecule has 0 saturated heterocycles. The lowest BCUT2D eigenvalue weighted by atomic mass is 9.98. The molecule has 1 atom stereocenters. The van der Waals surface area contributed by atoms with Crippen LogP contribution in [-0.4, -0.2) is 40.7 Å². The fourth-order valence-corrected chi connectivity index (χ4v) is 1.77. The largest absolute Gasteiger partial charge is 0.463 e. The van der Waals surface area contributed by atoms with Crippen LogP contribution >= 0.6 is 0 Å². The Kier molecular flexibility index (Phi) is 2.85. The van der Waals surface area contributed by atoms with Crippen molar-refractivity contribution < 1.29 is 31.5 Å². The van der Waals surface area contributed by atoms with Gasteiger partial charge < -0.3 is 9.52 Å². The molecule has 9 heteroatoms. The maximum Gasteiger partial charge on any atom is 0.458 e. The van der Waals surface area contributed by atoms with Crippen molar-refractivity contribution in [1.82, 2.24) is 5.01 Å². The van der Waals surface area contributed by atoms with Gasteiger partial charge in [0.05, 0.1) is 12.7 Å². The minimum Gasteiger partial charge on any atom is -0.463 e. The SMILES string of the molecule is CN1N=C(c2ccco2)CC1(O)C(F)(F)C(F)(F)F. The van der Waals surface area contributed by atoms with E-state index < -0.39 is 24.2 Å². The Morgan fingerprint density at radius 1 is 1.37 bits per heavy atom. The molecule has 0 radical (unpaired) electrons. The molecule has 0 amide bonds. The Hall–Kier alpha value is -1.64. The lowest BCUT2D eigenvalue weighted by Crippen LogP contribution is -2.62. The third-order valence-corrected chi connectivity index (χ3v) is 2.88. The predicted octanol–water partition coefficient (Wildman–Crippen LogP) is 2.21. The molecule has 1 aromatic heterocycles. The van der Waals surface area contributed by atoms with Crippen molar-refractivity contribution in [2.45, 2.75) is 24.2 Å². The highest BCUT2D eigenvalue weighted by atomic mass is 19.4. The van der Waals surface area contributed by atoms with Crippen molar-refractivity contribution in [2.24, 2.45) is 5.10 Å². The number of aliphatic hydroxyl groups is 1. The number of rotatable bonds is 2. The van der Waals surface area contributed by atoms with Crippen LogP contribution in [0.25, 0.3) is 0 Å². The Labute approximate surface area is 104 Å². The summed E-state index contributed by atoms with van der Waals surface area (Å²) in [5.41, 5.74) is -3.65. The summed E-state index contributed by atoms with van der Waals surface area (Å²) in [4.78, 5) is 0. The van der Waals surface area contributed by atoms with E-state index in [1.165, 1.54) is 18.4 Å². The van der Waals surface area contributed by atoms with Crippen LogP contribution in [0.4, 0.5) is 22.0 Å². The summed E-state index contributed by atoms with van der Waals surface area (Å²) in [7, 11) is 0.843. The first-order chi connectivity index (χ1) is 8.59. The van der Waals surface area contributed by atoms with Gasteiger partial charge in [-0.2, -0.15) is 27.1 Å². The minimum absolute atomic E-state index is 0.0285. The third kappa shape index (κ3) is 1.88. The maximum absolute atomic E-state index is 13.4. The highest BCUT2D eigenvalue weighted by molar-refractivity contribution is 5.99. The van der Waals surface area contributed by atoms with Crippen molar-refractivity contribution in [3.05, 3.63) is 24.2 Å². The molecular weight excluding hydrogens is 275 g/mol. The van der Waals surface area contributed by atoms with Gasteiger partial charge in [0.2, 0.25) is 5.72 Å². The molecule has 2 heterocycles. The summed E-state index contributed by atoms with van der Waals surface area (Å²) in [5.74, 6) is -5.30. The van der Waals surface area contributed by atoms with Gasteiger partial charge in [0.1, 0.15) is 11.5 Å². The third-order valence-electron chi connectivity index (χ3n) is 2.88. The molecular formula is C10H9F5N2O2. The van der Waals surface area contributed by atoms with Gasteiger partial charge in [0.25, 0.3) is 0 Å². The van der Waals surface area contributed by atoms with E-state index >= 15 is 0 Å². The molecule has 0 bridgehead atoms. The zero-order chi connectivity index (χ0) is 14.5. The topological polar surface area (TPSA) is 49.0 Å². The molecule has 19 heavy (non-hydrogen) atoms. The minimum atomic E-state index is -5.88. The van der Waals surface area contributed by atoms with Crippen LogP contribution < -0.4 is 0 Å². The molecule has 1 unspecified atom stereocenters. The molecule has 1 aliphatic rings. The predicted molar refractivity (Wildman–Crippen MR) is 53.6 cm³/mol. The number of hydrogen-bond acceptors (Lipinski definition) is 4. The van der Waals surface area contributed by atoms with Crippen molar-refractivity contribution in [1.29, 1.82) is 0 Å². The first-order valence-electron chi connectivity index (χ1n) is 5.12. The quantitative estimate of drug-likeness (QED) is 0.847. The fraction of sp³-hybridized carbons (Fsp3) is 0.500. The standard InChI is InChI=1S/C10H9F5N2O2/c1-17-8(18,9(11,12)10(13,14)15)5-6(16-17)7-3-2-4-19-7/h2-4,18H,5H2,1H3. The zero-order valence-electron chi connectivity index (χ0n) is 9.58. The fourth-order valence-electron chi connectivity index (χ4n) is 1.77. The number of furan rings is 1. The average Bonchev–Trinajstić information content (AvgIpc) is 2.86. The number of nitrogens with zero attached hydrogens (tertiary/aromatic N) is 2. The lowest BCUT2D eigenvalue weighted by molar-refractivity contribution is -0.365. The van der Waals surface area contributed by atoms with Crippen LogP contribution in [0.5, 0.6) is 0 Å². The Balaban J connectivity index is 2.34. The lowest BCUT2D eigenvalue weighted by Gasteiger charge is -2.37. The first kappa shape index (κ1) is 13.8. The second kappa shape index (κ2) is 3.92. The molecule has 1 aromatic rings. The van der Waals surface area contributed by atoms with Gasteiger partial charge >= 0.3 is 12.1 Å². The van der Waals surface area contributed by atoms with Crippen LogP contribution in [0.3, 0.4) is 0 Å². The monoisotopic (exact) mass is 284 g/mol. The summed E-state index contributed by atoms with van der Waals surface area (Å²) in [5, 5.41) is 13.4. The summed E-state index contributed by atoms with van der Waals surface area (Å²) < 4.78 is 68.7. The molecule has 0 fully saturated rings. The van der Waals surface area contributed by atoms with Crippen molar-refractivity contribution >= 4 is 5.71 Å². The molecule has 2 rings (SSSR count). The second-order valence-electron chi connectivity index (χ2n) is 4.11. The van der Waals surface area contributed by atoms with E-state index in [-0.39, 0.29) is 16.5 Å². The van der Waals surface area contributed by atoms with Crippen LogP contribution in [0.1, 0.15) is 12.2 Å². The Morgan fingerprint density at radius 3 is 2.47 bits per heavy atom. The number of hydrogen-bond donors (Lipinski definition) is 1. The van der Waals surface area contributed by atoms with Gasteiger partial charge in [0, 0.05) is 7.05 Å². The molecule has 106 valence electrons. The molecule has 0 saturated carbocycles. The maximum atomic E-state index is 13.4. The molecule has 0 spiro atoms. The van der Waals surface area contributed by atoms with E-state index in [4.69, 9.17) is 4.42 Å². The molecule has 1 N–H and O–H groups in total. The molecule has 0 aliphatic carbocycles. The normalized spacial score (nSPS) is 24.8. The van der Waals surface area contributed by atoms with Gasteiger partial charge in [-0.3, -0.25) is 5.01 Å². The van der Waals surface area contributed by atoms with Gasteiger partial charge in [-0.1, -0.05) is 0 Å². The molecule has 4 nitrogen and oxygen atoms in total. The van der Waals surface area contributed by atoms with Gasteiger partial charge in [-0.25, -0.2) is 0 Å². The summed E-state index contributed by atoms with van der Waals surface area (Å²) in [6, 6.07) is 2.78. The van der Waals surface area contributed by atoms with E-state index in [0.29, 0.717) is 0 Å². The van der Waals surface area contributed by atoms with Crippen LogP contribution in [-0.2, 0) is 0 Å². The number of halogens is 5. The molecule has 1 aliphatic heterocycles. The number of alkyl halides is 5. The highest BCUT2D eigenvalue weighted by Crippen LogP contribution is 2.48. The smallest absolute Gasteiger partial charge is 0.458 e. The molecule has 0 aromatic carbocycles. The van der Waals surface area contributed by atoms with E-state index in [9.17, 15) is 27.1 Å². The zero-order valence-corrected chi connectivity index (χ0v) is 9.58. The average molecular weight is 284 g/mol.